The maximum atomic E-state index is 6.41. The summed E-state index contributed by atoms with van der Waals surface area (Å²) >= 11 is 6.25. The lowest BCUT2D eigenvalue weighted by molar-refractivity contribution is -0.247. The van der Waals surface area contributed by atoms with Crippen molar-refractivity contribution in [1.82, 2.24) is 4.98 Å². The van der Waals surface area contributed by atoms with Gasteiger partial charge in [-0.2, -0.15) is 0 Å². The Morgan fingerprint density at radius 2 is 2.00 bits per heavy atom. The van der Waals surface area contributed by atoms with Crippen molar-refractivity contribution in [3.63, 3.8) is 0 Å². The molecule has 0 aliphatic carbocycles. The number of fused-ring (bicyclic) bond motifs is 3. The molecule has 1 saturated heterocycles. The molecule has 1 fully saturated rings. The van der Waals surface area contributed by atoms with Crippen LogP contribution in [-0.2, 0) is 15.0 Å². The number of halogens is 1. The van der Waals surface area contributed by atoms with Gasteiger partial charge in [0.05, 0.1) is 23.7 Å². The molecule has 28 heavy (non-hydrogen) atoms. The Morgan fingerprint density at radius 3 is 2.64 bits per heavy atom. The standard InChI is InChI=1S/C20H21ClN4O3/c1-18(2)19(9-26-10-19)20(11-27-17(22)25-20)13-8-12(5-6-15(13)28-18)24-16-14(21)4-3-7-23-16/h3-8H,9-11H2,1-2H3,(H2,22,25)(H,23,24). The van der Waals surface area contributed by atoms with Crippen molar-refractivity contribution in [2.45, 2.75) is 25.0 Å². The zero-order valence-electron chi connectivity index (χ0n) is 15.7. The molecule has 3 aliphatic rings. The molecule has 1 atom stereocenters. The van der Waals surface area contributed by atoms with E-state index in [2.05, 4.69) is 24.1 Å². The molecule has 4 heterocycles. The maximum absolute atomic E-state index is 6.41. The molecule has 146 valence electrons. The van der Waals surface area contributed by atoms with Gasteiger partial charge in [-0.05, 0) is 44.2 Å². The fourth-order valence-corrected chi connectivity index (χ4v) is 4.64. The molecule has 0 amide bonds. The van der Waals surface area contributed by atoms with E-state index in [-0.39, 0.29) is 11.4 Å². The zero-order chi connectivity index (χ0) is 19.6. The maximum Gasteiger partial charge on any atom is 0.283 e. The van der Waals surface area contributed by atoms with Crippen molar-refractivity contribution in [3.8, 4) is 5.75 Å². The lowest BCUT2D eigenvalue weighted by Gasteiger charge is -2.61. The number of nitrogens with one attached hydrogen (secondary N) is 1. The Kier molecular flexibility index (Phi) is 3.61. The molecule has 5 rings (SSSR count). The van der Waals surface area contributed by atoms with E-state index in [9.17, 15) is 0 Å². The minimum absolute atomic E-state index is 0.195. The number of anilines is 2. The van der Waals surface area contributed by atoms with Gasteiger partial charge in [-0.1, -0.05) is 11.6 Å². The second-order valence-corrected chi connectivity index (χ2v) is 8.36. The number of benzene rings is 1. The van der Waals surface area contributed by atoms with Crippen molar-refractivity contribution >= 4 is 29.1 Å². The second kappa shape index (κ2) is 5.75. The number of pyridine rings is 1. The van der Waals surface area contributed by atoms with Crippen LogP contribution >= 0.6 is 11.6 Å². The van der Waals surface area contributed by atoms with E-state index < -0.39 is 11.1 Å². The molecule has 3 N–H and O–H groups in total. The number of rotatable bonds is 2. The molecule has 0 bridgehead atoms. The third-order valence-electron chi connectivity index (χ3n) is 6.18. The second-order valence-electron chi connectivity index (χ2n) is 7.96. The molecule has 7 nitrogen and oxygen atoms in total. The lowest BCUT2D eigenvalue weighted by atomic mass is 9.55. The Hall–Kier alpha value is -2.51. The van der Waals surface area contributed by atoms with Gasteiger partial charge in [0.25, 0.3) is 6.02 Å². The SMILES string of the molecule is CC1(C)Oc2ccc(Nc3ncccc3Cl)cc2C2(COC(N)=N2)C12COC2. The van der Waals surface area contributed by atoms with E-state index in [1.807, 2.05) is 18.2 Å². The van der Waals surface area contributed by atoms with Crippen molar-refractivity contribution in [2.75, 3.05) is 25.1 Å². The Morgan fingerprint density at radius 1 is 1.18 bits per heavy atom. The summed E-state index contributed by atoms with van der Waals surface area (Å²) in [6, 6.07) is 9.67. The van der Waals surface area contributed by atoms with Crippen LogP contribution in [0.25, 0.3) is 0 Å². The third kappa shape index (κ3) is 2.20. The smallest absolute Gasteiger partial charge is 0.283 e. The molecule has 2 spiro atoms. The highest BCUT2D eigenvalue weighted by molar-refractivity contribution is 6.33. The van der Waals surface area contributed by atoms with Crippen LogP contribution in [0.3, 0.4) is 0 Å². The average molecular weight is 401 g/mol. The molecule has 0 radical (unpaired) electrons. The van der Waals surface area contributed by atoms with Gasteiger partial charge < -0.3 is 25.3 Å². The first-order valence-electron chi connectivity index (χ1n) is 9.14. The van der Waals surface area contributed by atoms with Gasteiger partial charge in [-0.3, -0.25) is 0 Å². The summed E-state index contributed by atoms with van der Waals surface area (Å²) in [6.45, 7) is 5.57. The van der Waals surface area contributed by atoms with E-state index in [1.165, 1.54) is 0 Å². The predicted molar refractivity (Wildman–Crippen MR) is 106 cm³/mol. The number of aliphatic imine (C=N–C) groups is 1. The van der Waals surface area contributed by atoms with Crippen LogP contribution in [0.4, 0.5) is 11.5 Å². The van der Waals surface area contributed by atoms with Crippen LogP contribution in [0.2, 0.25) is 5.02 Å². The van der Waals surface area contributed by atoms with Gasteiger partial charge in [-0.25, -0.2) is 9.98 Å². The summed E-state index contributed by atoms with van der Waals surface area (Å²) in [5, 5.41) is 3.82. The fourth-order valence-electron chi connectivity index (χ4n) is 4.47. The monoisotopic (exact) mass is 400 g/mol. The first kappa shape index (κ1) is 17.6. The van der Waals surface area contributed by atoms with Gasteiger partial charge >= 0.3 is 0 Å². The first-order chi connectivity index (χ1) is 13.4. The van der Waals surface area contributed by atoms with Gasteiger partial charge in [-0.15, -0.1) is 0 Å². The largest absolute Gasteiger partial charge is 0.487 e. The highest BCUT2D eigenvalue weighted by Crippen LogP contribution is 2.62. The average Bonchev–Trinajstić information content (AvgIpc) is 2.98. The molecule has 1 aromatic carbocycles. The fraction of sp³-hybridized carbons (Fsp3) is 0.400. The van der Waals surface area contributed by atoms with Crippen molar-refractivity contribution in [1.29, 1.82) is 0 Å². The van der Waals surface area contributed by atoms with Crippen LogP contribution < -0.4 is 15.8 Å². The van der Waals surface area contributed by atoms with Crippen LogP contribution in [0.15, 0.2) is 41.5 Å². The van der Waals surface area contributed by atoms with E-state index >= 15 is 0 Å². The normalized spacial score (nSPS) is 26.0. The zero-order valence-corrected chi connectivity index (χ0v) is 16.4. The summed E-state index contributed by atoms with van der Waals surface area (Å²) in [6.07, 6.45) is 1.69. The van der Waals surface area contributed by atoms with Gasteiger partial charge in [0.2, 0.25) is 0 Å². The van der Waals surface area contributed by atoms with Crippen LogP contribution in [-0.4, -0.2) is 36.4 Å². The summed E-state index contributed by atoms with van der Waals surface area (Å²) in [7, 11) is 0. The number of hydrogen-bond acceptors (Lipinski definition) is 7. The molecule has 1 aromatic heterocycles. The van der Waals surface area contributed by atoms with E-state index in [4.69, 9.17) is 36.5 Å². The summed E-state index contributed by atoms with van der Waals surface area (Å²) in [5.74, 6) is 1.35. The van der Waals surface area contributed by atoms with Gasteiger partial charge in [0, 0.05) is 17.4 Å². The van der Waals surface area contributed by atoms with E-state index in [0.717, 1.165) is 17.0 Å². The van der Waals surface area contributed by atoms with Crippen molar-refractivity contribution < 1.29 is 14.2 Å². The van der Waals surface area contributed by atoms with Gasteiger partial charge in [0.15, 0.2) is 0 Å². The molecule has 3 aliphatic heterocycles. The number of nitrogens with two attached hydrogens (primary N) is 1. The highest BCUT2D eigenvalue weighted by Gasteiger charge is 2.71. The molecular formula is C20H21ClN4O3. The molecule has 8 heteroatoms. The summed E-state index contributed by atoms with van der Waals surface area (Å²) in [4.78, 5) is 9.10. The number of amidine groups is 1. The van der Waals surface area contributed by atoms with Crippen LogP contribution in [0.1, 0.15) is 19.4 Å². The molecule has 2 aromatic rings. The first-order valence-corrected chi connectivity index (χ1v) is 9.52. The van der Waals surface area contributed by atoms with E-state index in [0.29, 0.717) is 30.7 Å². The van der Waals surface area contributed by atoms with E-state index in [1.54, 1.807) is 18.3 Å². The van der Waals surface area contributed by atoms with Crippen molar-refractivity contribution in [2.24, 2.45) is 16.1 Å². The van der Waals surface area contributed by atoms with Crippen LogP contribution in [0.5, 0.6) is 5.75 Å². The summed E-state index contributed by atoms with van der Waals surface area (Å²) in [5.41, 5.74) is 6.20. The molecule has 1 unspecified atom stereocenters. The quantitative estimate of drug-likeness (QED) is 0.804. The topological polar surface area (TPSA) is 91.0 Å². The predicted octanol–water partition coefficient (Wildman–Crippen LogP) is 3.21. The lowest BCUT2D eigenvalue weighted by Crippen LogP contribution is -2.71. The Labute approximate surface area is 167 Å². The molecule has 0 saturated carbocycles. The highest BCUT2D eigenvalue weighted by atomic mass is 35.5. The number of ether oxygens (including phenoxy) is 3. The minimum Gasteiger partial charge on any atom is -0.487 e. The Balaban J connectivity index is 1.65. The van der Waals surface area contributed by atoms with Crippen molar-refractivity contribution in [3.05, 3.63) is 47.1 Å². The van der Waals surface area contributed by atoms with Gasteiger partial charge in [0.1, 0.15) is 29.3 Å². The summed E-state index contributed by atoms with van der Waals surface area (Å²) < 4.78 is 17.7. The number of hydrogen-bond donors (Lipinski definition) is 2. The third-order valence-corrected chi connectivity index (χ3v) is 6.49. The minimum atomic E-state index is -0.669. The number of aromatic nitrogens is 1. The Bertz CT molecular complexity index is 989. The number of nitrogens with zero attached hydrogens (tertiary/aromatic N) is 2. The molecular weight excluding hydrogens is 380 g/mol. The van der Waals surface area contributed by atoms with Crippen LogP contribution in [0, 0.1) is 5.41 Å².